The van der Waals surface area contributed by atoms with Crippen LogP contribution < -0.4 is 0 Å². The van der Waals surface area contributed by atoms with Crippen LogP contribution >= 0.6 is 0 Å². The Morgan fingerprint density at radius 1 is 1.38 bits per heavy atom. The predicted octanol–water partition coefficient (Wildman–Crippen LogP) is -0.512. The Morgan fingerprint density at radius 3 is 2.69 bits per heavy atom. The molecule has 0 bridgehead atoms. The molecule has 1 aliphatic rings. The van der Waals surface area contributed by atoms with Crippen molar-refractivity contribution in [3.63, 3.8) is 0 Å². The molecule has 0 radical (unpaired) electrons. The van der Waals surface area contributed by atoms with Crippen LogP contribution in [0.2, 0.25) is 0 Å². The van der Waals surface area contributed by atoms with Gasteiger partial charge < -0.3 is 5.11 Å². The molecule has 1 saturated heterocycles. The van der Waals surface area contributed by atoms with Crippen molar-refractivity contribution in [2.24, 2.45) is 0 Å². The molecule has 0 saturated carbocycles. The maximum atomic E-state index is 11.2. The second-order valence-corrected chi connectivity index (χ2v) is 5.88. The van der Waals surface area contributed by atoms with Crippen LogP contribution in [0.4, 0.5) is 0 Å². The van der Waals surface area contributed by atoms with Crippen LogP contribution in [0, 0.1) is 0 Å². The molecule has 0 aromatic heterocycles. The van der Waals surface area contributed by atoms with Crippen molar-refractivity contribution < 1.29 is 13.5 Å². The van der Waals surface area contributed by atoms with Gasteiger partial charge in [-0.3, -0.25) is 4.90 Å². The summed E-state index contributed by atoms with van der Waals surface area (Å²) in [6.45, 7) is 3.35. The number of aliphatic hydroxyl groups is 1. The Balaban J connectivity index is 2.54. The summed E-state index contributed by atoms with van der Waals surface area (Å²) >= 11 is 0. The van der Waals surface area contributed by atoms with E-state index in [9.17, 15) is 8.42 Å². The van der Waals surface area contributed by atoms with E-state index in [1.54, 1.807) is 0 Å². The number of sulfone groups is 1. The maximum absolute atomic E-state index is 11.2. The van der Waals surface area contributed by atoms with Crippen molar-refractivity contribution in [3.8, 4) is 0 Å². The van der Waals surface area contributed by atoms with Crippen LogP contribution in [0.15, 0.2) is 0 Å². The van der Waals surface area contributed by atoms with E-state index in [-0.39, 0.29) is 18.4 Å². The molecule has 0 aromatic rings. The maximum Gasteiger partial charge on any atom is 0.151 e. The SMILES string of the molecule is CC(CO)N1CCCS(=O)(=O)CC1. The number of hydrogen-bond donors (Lipinski definition) is 1. The van der Waals surface area contributed by atoms with E-state index in [1.165, 1.54) is 0 Å². The smallest absolute Gasteiger partial charge is 0.151 e. The number of rotatable bonds is 2. The summed E-state index contributed by atoms with van der Waals surface area (Å²) in [5, 5.41) is 8.92. The standard InChI is InChI=1S/C8H17NO3S/c1-8(7-10)9-3-2-5-13(11,12)6-4-9/h8,10H,2-7H2,1H3. The van der Waals surface area contributed by atoms with E-state index in [0.717, 1.165) is 6.54 Å². The largest absolute Gasteiger partial charge is 0.395 e. The first-order valence-electron chi connectivity index (χ1n) is 4.60. The van der Waals surface area contributed by atoms with Gasteiger partial charge in [0.2, 0.25) is 0 Å². The molecule has 13 heavy (non-hydrogen) atoms. The molecule has 1 aliphatic heterocycles. The van der Waals surface area contributed by atoms with Crippen molar-refractivity contribution in [3.05, 3.63) is 0 Å². The molecule has 78 valence electrons. The van der Waals surface area contributed by atoms with Crippen LogP contribution in [-0.4, -0.2) is 55.7 Å². The molecule has 0 spiro atoms. The lowest BCUT2D eigenvalue weighted by molar-refractivity contribution is 0.142. The molecule has 4 nitrogen and oxygen atoms in total. The van der Waals surface area contributed by atoms with Crippen molar-refractivity contribution >= 4 is 9.84 Å². The van der Waals surface area contributed by atoms with Gasteiger partial charge in [-0.15, -0.1) is 0 Å². The molecular weight excluding hydrogens is 190 g/mol. The quantitative estimate of drug-likeness (QED) is 0.662. The van der Waals surface area contributed by atoms with Crippen molar-refractivity contribution in [2.45, 2.75) is 19.4 Å². The summed E-state index contributed by atoms with van der Waals surface area (Å²) in [4.78, 5) is 2.03. The molecule has 1 N–H and O–H groups in total. The van der Waals surface area contributed by atoms with E-state index in [2.05, 4.69) is 0 Å². The molecule has 1 unspecified atom stereocenters. The van der Waals surface area contributed by atoms with E-state index >= 15 is 0 Å². The zero-order valence-corrected chi connectivity index (χ0v) is 8.76. The highest BCUT2D eigenvalue weighted by Gasteiger charge is 2.21. The fourth-order valence-electron chi connectivity index (χ4n) is 1.51. The minimum Gasteiger partial charge on any atom is -0.395 e. The Kier molecular flexibility index (Phi) is 3.70. The minimum absolute atomic E-state index is 0.0771. The molecule has 1 rings (SSSR count). The lowest BCUT2D eigenvalue weighted by Gasteiger charge is -2.25. The van der Waals surface area contributed by atoms with Crippen LogP contribution in [0.3, 0.4) is 0 Å². The lowest BCUT2D eigenvalue weighted by atomic mass is 10.3. The van der Waals surface area contributed by atoms with E-state index in [4.69, 9.17) is 5.11 Å². The van der Waals surface area contributed by atoms with Gasteiger partial charge in [0.05, 0.1) is 18.1 Å². The van der Waals surface area contributed by atoms with Gasteiger partial charge in [0.25, 0.3) is 0 Å². The van der Waals surface area contributed by atoms with Crippen molar-refractivity contribution in [1.82, 2.24) is 4.90 Å². The highest BCUT2D eigenvalue weighted by Crippen LogP contribution is 2.07. The van der Waals surface area contributed by atoms with Gasteiger partial charge in [0.15, 0.2) is 9.84 Å². The van der Waals surface area contributed by atoms with Gasteiger partial charge in [0, 0.05) is 12.6 Å². The minimum atomic E-state index is -2.82. The van der Waals surface area contributed by atoms with Crippen LogP contribution in [0.25, 0.3) is 0 Å². The zero-order chi connectivity index (χ0) is 9.90. The van der Waals surface area contributed by atoms with E-state index < -0.39 is 9.84 Å². The van der Waals surface area contributed by atoms with Gasteiger partial charge in [-0.1, -0.05) is 0 Å². The molecule has 1 fully saturated rings. The zero-order valence-electron chi connectivity index (χ0n) is 7.94. The number of hydrogen-bond acceptors (Lipinski definition) is 4. The van der Waals surface area contributed by atoms with Crippen LogP contribution in [-0.2, 0) is 9.84 Å². The average Bonchev–Trinajstić information content (AvgIpc) is 2.25. The van der Waals surface area contributed by atoms with Crippen molar-refractivity contribution in [2.75, 3.05) is 31.2 Å². The first-order valence-corrected chi connectivity index (χ1v) is 6.42. The molecule has 0 aliphatic carbocycles. The van der Waals surface area contributed by atoms with E-state index in [1.807, 2.05) is 11.8 Å². The van der Waals surface area contributed by atoms with E-state index in [0.29, 0.717) is 18.7 Å². The topological polar surface area (TPSA) is 57.6 Å². The predicted molar refractivity (Wildman–Crippen MR) is 51.4 cm³/mol. The third-order valence-electron chi connectivity index (χ3n) is 2.48. The monoisotopic (exact) mass is 207 g/mol. The Labute approximate surface area is 79.5 Å². The highest BCUT2D eigenvalue weighted by molar-refractivity contribution is 7.91. The first-order chi connectivity index (χ1) is 6.05. The third kappa shape index (κ3) is 3.25. The van der Waals surface area contributed by atoms with Crippen molar-refractivity contribution in [1.29, 1.82) is 0 Å². The first kappa shape index (κ1) is 10.9. The lowest BCUT2D eigenvalue weighted by Crippen LogP contribution is -2.37. The number of aliphatic hydroxyl groups excluding tert-OH is 1. The molecule has 1 heterocycles. The summed E-state index contributed by atoms with van der Waals surface area (Å²) in [6.07, 6.45) is 0.687. The number of nitrogens with zero attached hydrogens (tertiary/aromatic N) is 1. The second-order valence-electron chi connectivity index (χ2n) is 3.57. The van der Waals surface area contributed by atoms with Crippen LogP contribution in [0.5, 0.6) is 0 Å². The van der Waals surface area contributed by atoms with Gasteiger partial charge in [-0.05, 0) is 19.9 Å². The second kappa shape index (κ2) is 4.39. The Bertz CT molecular complexity index is 250. The summed E-state index contributed by atoms with van der Waals surface area (Å²) in [7, 11) is -2.82. The molecule has 0 amide bonds. The fourth-order valence-corrected chi connectivity index (χ4v) is 2.80. The van der Waals surface area contributed by atoms with Gasteiger partial charge in [-0.2, -0.15) is 0 Å². The third-order valence-corrected chi connectivity index (χ3v) is 4.19. The Hall–Kier alpha value is -0.130. The highest BCUT2D eigenvalue weighted by atomic mass is 32.2. The van der Waals surface area contributed by atoms with Crippen LogP contribution in [0.1, 0.15) is 13.3 Å². The van der Waals surface area contributed by atoms with Gasteiger partial charge >= 0.3 is 0 Å². The fraction of sp³-hybridized carbons (Fsp3) is 1.00. The molecule has 1 atom stereocenters. The van der Waals surface area contributed by atoms with Gasteiger partial charge in [0.1, 0.15) is 0 Å². The molecule has 5 heteroatoms. The molecular formula is C8H17NO3S. The summed E-state index contributed by atoms with van der Waals surface area (Å²) in [5.74, 6) is 0.527. The summed E-state index contributed by atoms with van der Waals surface area (Å²) in [6, 6.07) is 0.0771. The molecule has 0 aromatic carbocycles. The normalized spacial score (nSPS) is 26.6. The van der Waals surface area contributed by atoms with Gasteiger partial charge in [-0.25, -0.2) is 8.42 Å². The average molecular weight is 207 g/mol. The summed E-state index contributed by atoms with van der Waals surface area (Å²) < 4.78 is 22.5. The Morgan fingerprint density at radius 2 is 2.08 bits per heavy atom. The summed E-state index contributed by atoms with van der Waals surface area (Å²) in [5.41, 5.74) is 0.